The Kier molecular flexibility index (Phi) is 2.63. The summed E-state index contributed by atoms with van der Waals surface area (Å²) in [5, 5.41) is 3.60. The second-order valence-corrected chi connectivity index (χ2v) is 5.13. The van der Waals surface area contributed by atoms with E-state index in [-0.39, 0.29) is 5.56 Å². The lowest BCUT2D eigenvalue weighted by atomic mass is 9.78. The van der Waals surface area contributed by atoms with Crippen LogP contribution in [0.2, 0.25) is 0 Å². The third kappa shape index (κ3) is 1.75. The Bertz CT molecular complexity index is 491. The molecule has 1 N–H and O–H groups in total. The van der Waals surface area contributed by atoms with Crippen molar-refractivity contribution in [3.05, 3.63) is 46.9 Å². The summed E-state index contributed by atoms with van der Waals surface area (Å²) in [6, 6.07) is 6.13. The lowest BCUT2D eigenvalue weighted by Crippen LogP contribution is -2.50. The molecule has 2 bridgehead atoms. The highest BCUT2D eigenvalue weighted by atomic mass is 16.1. The highest BCUT2D eigenvalue weighted by molar-refractivity contribution is 5.17. The summed E-state index contributed by atoms with van der Waals surface area (Å²) in [5.74, 6) is 1.07. The van der Waals surface area contributed by atoms with E-state index in [0.717, 1.165) is 19.5 Å². The van der Waals surface area contributed by atoms with Crippen molar-refractivity contribution in [3.8, 4) is 0 Å². The predicted molar refractivity (Wildman–Crippen MR) is 68.2 cm³/mol. The fraction of sp³-hybridized carbons (Fsp3) is 0.500. The molecule has 1 saturated heterocycles. The maximum atomic E-state index is 11.9. The van der Waals surface area contributed by atoms with Crippen molar-refractivity contribution in [1.29, 1.82) is 0 Å². The molecular formula is C14H18N2O. The second-order valence-electron chi connectivity index (χ2n) is 5.13. The van der Waals surface area contributed by atoms with Gasteiger partial charge < -0.3 is 9.88 Å². The largest absolute Gasteiger partial charge is 0.313 e. The number of hydrogen-bond acceptors (Lipinski definition) is 2. The van der Waals surface area contributed by atoms with Gasteiger partial charge in [-0.25, -0.2) is 0 Å². The molecule has 90 valence electrons. The molecule has 3 heterocycles. The first-order valence-electron chi connectivity index (χ1n) is 6.33. The van der Waals surface area contributed by atoms with Crippen LogP contribution in [0, 0.1) is 5.92 Å². The molecule has 0 aliphatic carbocycles. The quantitative estimate of drug-likeness (QED) is 0.781. The first-order valence-corrected chi connectivity index (χ1v) is 6.33. The fourth-order valence-electron chi connectivity index (χ4n) is 3.28. The van der Waals surface area contributed by atoms with Crippen molar-refractivity contribution < 1.29 is 0 Å². The summed E-state index contributed by atoms with van der Waals surface area (Å²) >= 11 is 0. The number of aromatic nitrogens is 1. The van der Waals surface area contributed by atoms with Crippen molar-refractivity contribution in [2.24, 2.45) is 5.92 Å². The number of piperidine rings is 1. The number of nitrogens with one attached hydrogen (secondary N) is 1. The van der Waals surface area contributed by atoms with E-state index in [1.807, 2.05) is 16.7 Å². The molecule has 3 nitrogen and oxygen atoms in total. The molecule has 0 radical (unpaired) electrons. The summed E-state index contributed by atoms with van der Waals surface area (Å²) in [4.78, 5) is 11.9. The maximum absolute atomic E-state index is 11.9. The first-order chi connectivity index (χ1) is 8.29. The van der Waals surface area contributed by atoms with E-state index in [2.05, 4.69) is 18.0 Å². The predicted octanol–water partition coefficient (Wildman–Crippen LogP) is 1.50. The Morgan fingerprint density at radius 2 is 2.41 bits per heavy atom. The van der Waals surface area contributed by atoms with Crippen LogP contribution in [0.1, 0.15) is 24.5 Å². The minimum atomic E-state index is 0.149. The number of hydrogen-bond donors (Lipinski definition) is 1. The van der Waals surface area contributed by atoms with Crippen LogP contribution in [-0.2, 0) is 6.54 Å². The van der Waals surface area contributed by atoms with Crippen molar-refractivity contribution in [3.63, 3.8) is 0 Å². The zero-order valence-electron chi connectivity index (χ0n) is 9.93. The highest BCUT2D eigenvalue weighted by Crippen LogP contribution is 2.35. The van der Waals surface area contributed by atoms with Gasteiger partial charge in [0, 0.05) is 36.8 Å². The zero-order chi connectivity index (χ0) is 11.8. The summed E-state index contributed by atoms with van der Waals surface area (Å²) in [6.07, 6.45) is 4.17. The van der Waals surface area contributed by atoms with E-state index < -0.39 is 0 Å². The van der Waals surface area contributed by atoms with E-state index in [0.29, 0.717) is 17.9 Å². The number of pyridine rings is 1. The molecule has 0 unspecified atom stereocenters. The van der Waals surface area contributed by atoms with Gasteiger partial charge in [-0.1, -0.05) is 12.1 Å². The Balaban J connectivity index is 1.97. The van der Waals surface area contributed by atoms with Gasteiger partial charge in [-0.05, 0) is 24.8 Å². The lowest BCUT2D eigenvalue weighted by Gasteiger charge is -2.42. The molecule has 1 aromatic heterocycles. The Morgan fingerprint density at radius 1 is 1.53 bits per heavy atom. The molecule has 0 amide bonds. The van der Waals surface area contributed by atoms with Crippen LogP contribution < -0.4 is 10.9 Å². The Labute approximate surface area is 101 Å². The van der Waals surface area contributed by atoms with E-state index in [4.69, 9.17) is 0 Å². The first kappa shape index (κ1) is 10.8. The van der Waals surface area contributed by atoms with Crippen molar-refractivity contribution in [2.75, 3.05) is 6.54 Å². The summed E-state index contributed by atoms with van der Waals surface area (Å²) < 4.78 is 1.97. The van der Waals surface area contributed by atoms with Gasteiger partial charge in [0.05, 0.1) is 0 Å². The Morgan fingerprint density at radius 3 is 3.24 bits per heavy atom. The van der Waals surface area contributed by atoms with Crippen molar-refractivity contribution in [1.82, 2.24) is 9.88 Å². The van der Waals surface area contributed by atoms with Gasteiger partial charge in [0.2, 0.25) is 0 Å². The third-order valence-electron chi connectivity index (χ3n) is 4.12. The average molecular weight is 230 g/mol. The third-order valence-corrected chi connectivity index (χ3v) is 4.12. The van der Waals surface area contributed by atoms with Gasteiger partial charge in [-0.3, -0.25) is 4.79 Å². The number of rotatable bonds is 2. The van der Waals surface area contributed by atoms with E-state index in [1.165, 1.54) is 12.1 Å². The molecule has 3 atom stereocenters. The van der Waals surface area contributed by atoms with E-state index >= 15 is 0 Å². The minimum Gasteiger partial charge on any atom is -0.313 e. The molecule has 0 spiro atoms. The van der Waals surface area contributed by atoms with Crippen LogP contribution >= 0.6 is 0 Å². The molecule has 3 rings (SSSR count). The van der Waals surface area contributed by atoms with Gasteiger partial charge in [-0.15, -0.1) is 6.58 Å². The van der Waals surface area contributed by atoms with Crippen LogP contribution in [-0.4, -0.2) is 17.2 Å². The minimum absolute atomic E-state index is 0.149. The topological polar surface area (TPSA) is 34.0 Å². The van der Waals surface area contributed by atoms with Gasteiger partial charge in [0.1, 0.15) is 0 Å². The molecular weight excluding hydrogens is 212 g/mol. The van der Waals surface area contributed by atoms with Crippen LogP contribution in [0.25, 0.3) is 0 Å². The Hall–Kier alpha value is -1.35. The zero-order valence-corrected chi connectivity index (χ0v) is 9.93. The normalized spacial score (nSPS) is 30.7. The summed E-state index contributed by atoms with van der Waals surface area (Å²) in [7, 11) is 0. The van der Waals surface area contributed by atoms with Gasteiger partial charge in [0.25, 0.3) is 5.56 Å². The van der Waals surface area contributed by atoms with Gasteiger partial charge in [-0.2, -0.15) is 0 Å². The highest BCUT2D eigenvalue weighted by Gasteiger charge is 2.35. The summed E-state index contributed by atoms with van der Waals surface area (Å²) in [5.41, 5.74) is 1.36. The molecule has 0 aromatic carbocycles. The van der Waals surface area contributed by atoms with Crippen LogP contribution in [0.15, 0.2) is 35.6 Å². The van der Waals surface area contributed by atoms with E-state index in [9.17, 15) is 4.79 Å². The second kappa shape index (κ2) is 4.15. The van der Waals surface area contributed by atoms with Crippen molar-refractivity contribution in [2.45, 2.75) is 31.3 Å². The number of fused-ring (bicyclic) bond motifs is 4. The molecule has 3 heteroatoms. The molecule has 1 fully saturated rings. The molecule has 1 aromatic rings. The average Bonchev–Trinajstić information content (AvgIpc) is 2.34. The van der Waals surface area contributed by atoms with E-state index in [1.54, 1.807) is 6.07 Å². The maximum Gasteiger partial charge on any atom is 0.250 e. The van der Waals surface area contributed by atoms with Crippen molar-refractivity contribution >= 4 is 0 Å². The molecule has 17 heavy (non-hydrogen) atoms. The lowest BCUT2D eigenvalue weighted by molar-refractivity contribution is 0.194. The van der Waals surface area contributed by atoms with Gasteiger partial charge >= 0.3 is 0 Å². The molecule has 2 aliphatic rings. The standard InChI is InChI=1S/C14H18N2O/c1-2-4-12-11-7-10(8-15-12)13-5-3-6-14(17)16(13)9-11/h2-3,5-6,10-12,15H,1,4,7-9H2/t10-,11-,12+/m0/s1. The fourth-order valence-corrected chi connectivity index (χ4v) is 3.28. The van der Waals surface area contributed by atoms with Gasteiger partial charge in [0.15, 0.2) is 0 Å². The smallest absolute Gasteiger partial charge is 0.250 e. The van der Waals surface area contributed by atoms with Crippen LogP contribution in [0.4, 0.5) is 0 Å². The number of nitrogens with zero attached hydrogens (tertiary/aromatic N) is 1. The molecule has 0 saturated carbocycles. The molecule has 2 aliphatic heterocycles. The monoisotopic (exact) mass is 230 g/mol. The van der Waals surface area contributed by atoms with Crippen LogP contribution in [0.5, 0.6) is 0 Å². The SMILES string of the molecule is C=CC[C@H]1NC[C@@H]2C[C@H]1Cn1c2cccc1=O. The van der Waals surface area contributed by atoms with Crippen LogP contribution in [0.3, 0.4) is 0 Å². The summed E-state index contributed by atoms with van der Waals surface area (Å²) in [6.45, 7) is 5.66.